The molecule has 6 heteroatoms. The highest BCUT2D eigenvalue weighted by molar-refractivity contribution is 6.04. The summed E-state index contributed by atoms with van der Waals surface area (Å²) >= 11 is 0. The minimum Gasteiger partial charge on any atom is -0.493 e. The largest absolute Gasteiger partial charge is 0.493 e. The summed E-state index contributed by atoms with van der Waals surface area (Å²) in [6.45, 7) is 5.15. The van der Waals surface area contributed by atoms with E-state index in [0.29, 0.717) is 36.9 Å². The molecule has 0 saturated heterocycles. The Morgan fingerprint density at radius 3 is 2.54 bits per heavy atom. The Bertz CT molecular complexity index is 607. The highest BCUT2D eigenvalue weighted by Gasteiger charge is 2.56. The molecular formula is C18H25NO5. The van der Waals surface area contributed by atoms with E-state index >= 15 is 0 Å². The first kappa shape index (κ1) is 18.1. The SMILES string of the molecule is COc1cc(CNC(=O)C2(C(=O)O)CC2)ccc1OCCC(C)C. The van der Waals surface area contributed by atoms with Crippen molar-refractivity contribution in [3.8, 4) is 11.5 Å². The first-order valence-electron chi connectivity index (χ1n) is 8.20. The van der Waals surface area contributed by atoms with Gasteiger partial charge in [0.2, 0.25) is 5.91 Å². The quantitative estimate of drug-likeness (QED) is 0.678. The van der Waals surface area contributed by atoms with E-state index in [-0.39, 0.29) is 6.54 Å². The van der Waals surface area contributed by atoms with Gasteiger partial charge < -0.3 is 19.9 Å². The van der Waals surface area contributed by atoms with Crippen LogP contribution in [0.1, 0.15) is 38.7 Å². The molecule has 1 aliphatic carbocycles. The predicted octanol–water partition coefficient (Wildman–Crippen LogP) is 2.60. The molecule has 1 aliphatic rings. The van der Waals surface area contributed by atoms with Crippen LogP contribution in [0.25, 0.3) is 0 Å². The van der Waals surface area contributed by atoms with E-state index < -0.39 is 17.3 Å². The summed E-state index contributed by atoms with van der Waals surface area (Å²) < 4.78 is 11.1. The zero-order valence-electron chi connectivity index (χ0n) is 14.4. The van der Waals surface area contributed by atoms with E-state index in [1.54, 1.807) is 13.2 Å². The predicted molar refractivity (Wildman–Crippen MR) is 89.1 cm³/mol. The molecule has 0 heterocycles. The molecule has 1 aromatic carbocycles. The maximum Gasteiger partial charge on any atom is 0.319 e. The van der Waals surface area contributed by atoms with Crippen molar-refractivity contribution in [1.82, 2.24) is 5.32 Å². The smallest absolute Gasteiger partial charge is 0.319 e. The zero-order chi connectivity index (χ0) is 17.7. The number of ether oxygens (including phenoxy) is 2. The molecule has 2 rings (SSSR count). The Morgan fingerprint density at radius 2 is 2.00 bits per heavy atom. The fourth-order valence-electron chi connectivity index (χ4n) is 2.36. The summed E-state index contributed by atoms with van der Waals surface area (Å²) in [6, 6.07) is 5.45. The Balaban J connectivity index is 1.94. The fourth-order valence-corrected chi connectivity index (χ4v) is 2.36. The normalized spacial score (nSPS) is 15.0. The van der Waals surface area contributed by atoms with Crippen molar-refractivity contribution in [1.29, 1.82) is 0 Å². The number of hydrogen-bond acceptors (Lipinski definition) is 4. The highest BCUT2D eigenvalue weighted by Crippen LogP contribution is 2.46. The van der Waals surface area contributed by atoms with Crippen LogP contribution in [-0.4, -0.2) is 30.7 Å². The van der Waals surface area contributed by atoms with Gasteiger partial charge in [-0.25, -0.2) is 0 Å². The number of nitrogens with one attached hydrogen (secondary N) is 1. The Kier molecular flexibility index (Phi) is 5.70. The van der Waals surface area contributed by atoms with Crippen LogP contribution in [0.4, 0.5) is 0 Å². The van der Waals surface area contributed by atoms with Gasteiger partial charge in [0.25, 0.3) is 0 Å². The lowest BCUT2D eigenvalue weighted by Crippen LogP contribution is -2.36. The Morgan fingerprint density at radius 1 is 1.29 bits per heavy atom. The van der Waals surface area contributed by atoms with Gasteiger partial charge in [0.1, 0.15) is 5.41 Å². The number of benzene rings is 1. The number of carbonyl (C=O) groups excluding carboxylic acids is 1. The first-order chi connectivity index (χ1) is 11.4. The molecule has 0 aromatic heterocycles. The van der Waals surface area contributed by atoms with E-state index in [0.717, 1.165) is 12.0 Å². The summed E-state index contributed by atoms with van der Waals surface area (Å²) in [4.78, 5) is 23.2. The lowest BCUT2D eigenvalue weighted by atomic mass is 10.1. The van der Waals surface area contributed by atoms with Crippen LogP contribution >= 0.6 is 0 Å². The number of carbonyl (C=O) groups is 2. The molecule has 0 aliphatic heterocycles. The minimum atomic E-state index is -1.22. The topological polar surface area (TPSA) is 84.9 Å². The van der Waals surface area contributed by atoms with E-state index in [1.807, 2.05) is 12.1 Å². The highest BCUT2D eigenvalue weighted by atomic mass is 16.5. The van der Waals surface area contributed by atoms with Crippen molar-refractivity contribution in [3.05, 3.63) is 23.8 Å². The van der Waals surface area contributed by atoms with Crippen molar-refractivity contribution in [2.24, 2.45) is 11.3 Å². The maximum absolute atomic E-state index is 12.0. The average Bonchev–Trinajstić information content (AvgIpc) is 3.35. The molecule has 132 valence electrons. The van der Waals surface area contributed by atoms with Crippen molar-refractivity contribution >= 4 is 11.9 Å². The van der Waals surface area contributed by atoms with Crippen LogP contribution in [0.5, 0.6) is 11.5 Å². The van der Waals surface area contributed by atoms with Gasteiger partial charge >= 0.3 is 5.97 Å². The van der Waals surface area contributed by atoms with Gasteiger partial charge in [0, 0.05) is 6.54 Å². The van der Waals surface area contributed by atoms with Crippen LogP contribution in [0.2, 0.25) is 0 Å². The van der Waals surface area contributed by atoms with Gasteiger partial charge in [0.15, 0.2) is 11.5 Å². The second kappa shape index (κ2) is 7.55. The number of hydrogen-bond donors (Lipinski definition) is 2. The summed E-state index contributed by atoms with van der Waals surface area (Å²) in [5.74, 6) is 0.356. The monoisotopic (exact) mass is 335 g/mol. The molecule has 1 fully saturated rings. The van der Waals surface area contributed by atoms with E-state index in [1.165, 1.54) is 0 Å². The van der Waals surface area contributed by atoms with Gasteiger partial charge in [-0.15, -0.1) is 0 Å². The third-order valence-electron chi connectivity index (χ3n) is 4.23. The number of methoxy groups -OCH3 is 1. The van der Waals surface area contributed by atoms with Gasteiger partial charge in [-0.3, -0.25) is 9.59 Å². The molecule has 0 radical (unpaired) electrons. The number of carboxylic acids is 1. The molecule has 0 atom stereocenters. The Labute approximate surface area is 142 Å². The molecule has 0 bridgehead atoms. The molecule has 0 unspecified atom stereocenters. The van der Waals surface area contributed by atoms with E-state index in [9.17, 15) is 9.59 Å². The van der Waals surface area contributed by atoms with Crippen LogP contribution in [0.15, 0.2) is 18.2 Å². The molecule has 1 saturated carbocycles. The number of rotatable bonds is 9. The van der Waals surface area contributed by atoms with Crippen LogP contribution in [0, 0.1) is 11.3 Å². The number of amides is 1. The lowest BCUT2D eigenvalue weighted by molar-refractivity contribution is -0.149. The summed E-state index contributed by atoms with van der Waals surface area (Å²) in [5, 5.41) is 11.8. The third kappa shape index (κ3) is 4.19. The van der Waals surface area contributed by atoms with E-state index in [2.05, 4.69) is 19.2 Å². The minimum absolute atomic E-state index is 0.260. The van der Waals surface area contributed by atoms with Gasteiger partial charge in [-0.1, -0.05) is 19.9 Å². The molecule has 6 nitrogen and oxygen atoms in total. The fraction of sp³-hybridized carbons (Fsp3) is 0.556. The van der Waals surface area contributed by atoms with Crippen LogP contribution in [0.3, 0.4) is 0 Å². The lowest BCUT2D eigenvalue weighted by Gasteiger charge is -2.14. The number of aliphatic carboxylic acids is 1. The maximum atomic E-state index is 12.0. The van der Waals surface area contributed by atoms with Gasteiger partial charge in [-0.05, 0) is 42.9 Å². The average molecular weight is 335 g/mol. The summed E-state index contributed by atoms with van der Waals surface area (Å²) in [5.41, 5.74) is -0.387. The second-order valence-electron chi connectivity index (χ2n) is 6.59. The molecule has 2 N–H and O–H groups in total. The molecule has 24 heavy (non-hydrogen) atoms. The molecule has 1 aromatic rings. The standard InChI is InChI=1S/C18H25NO5/c1-12(2)6-9-24-14-5-4-13(10-15(14)23-3)11-19-16(20)18(7-8-18)17(21)22/h4-5,10,12H,6-9,11H2,1-3H3,(H,19,20)(H,21,22). The van der Waals surface area contributed by atoms with Crippen molar-refractivity contribution in [3.63, 3.8) is 0 Å². The van der Waals surface area contributed by atoms with Crippen molar-refractivity contribution in [2.45, 2.75) is 39.7 Å². The van der Waals surface area contributed by atoms with Gasteiger partial charge in [-0.2, -0.15) is 0 Å². The molecule has 0 spiro atoms. The Hall–Kier alpha value is -2.24. The zero-order valence-corrected chi connectivity index (χ0v) is 14.4. The first-order valence-corrected chi connectivity index (χ1v) is 8.20. The van der Waals surface area contributed by atoms with Crippen LogP contribution < -0.4 is 14.8 Å². The molecule has 1 amide bonds. The van der Waals surface area contributed by atoms with Gasteiger partial charge in [0.05, 0.1) is 13.7 Å². The number of carboxylic acid groups (broad SMARTS) is 1. The van der Waals surface area contributed by atoms with E-state index in [4.69, 9.17) is 14.6 Å². The van der Waals surface area contributed by atoms with Crippen LogP contribution in [-0.2, 0) is 16.1 Å². The third-order valence-corrected chi connectivity index (χ3v) is 4.23. The van der Waals surface area contributed by atoms with Crippen molar-refractivity contribution < 1.29 is 24.2 Å². The summed E-state index contributed by atoms with van der Waals surface area (Å²) in [7, 11) is 1.57. The molecular weight excluding hydrogens is 310 g/mol. The van der Waals surface area contributed by atoms with Crippen molar-refractivity contribution in [2.75, 3.05) is 13.7 Å². The summed E-state index contributed by atoms with van der Waals surface area (Å²) in [6.07, 6.45) is 1.76. The second-order valence-corrected chi connectivity index (χ2v) is 6.59.